The molecule has 112 valence electrons. The average molecular weight is 284 g/mol. The highest BCUT2D eigenvalue weighted by Crippen LogP contribution is 2.34. The molecule has 3 nitrogen and oxygen atoms in total. The number of rotatable bonds is 4. The highest BCUT2D eigenvalue weighted by molar-refractivity contribution is 5.43. The Balaban J connectivity index is 2.28. The molecule has 0 aliphatic carbocycles. The van der Waals surface area contributed by atoms with Gasteiger partial charge in [0.25, 0.3) is 0 Å². The minimum Gasteiger partial charge on any atom is -0.439 e. The monoisotopic (exact) mass is 284 g/mol. The van der Waals surface area contributed by atoms with Gasteiger partial charge in [-0.1, -0.05) is 39.0 Å². The van der Waals surface area contributed by atoms with Crippen LogP contribution in [0.15, 0.2) is 36.5 Å². The number of aromatic nitrogens is 1. The van der Waals surface area contributed by atoms with E-state index in [4.69, 9.17) is 10.5 Å². The van der Waals surface area contributed by atoms with Gasteiger partial charge in [-0.15, -0.1) is 0 Å². The molecule has 21 heavy (non-hydrogen) atoms. The molecular formula is C18H24N2O. The minimum atomic E-state index is 0.0303. The third kappa shape index (κ3) is 4.05. The highest BCUT2D eigenvalue weighted by atomic mass is 16.5. The largest absolute Gasteiger partial charge is 0.439 e. The molecule has 0 amide bonds. The molecule has 0 aliphatic heterocycles. The number of ether oxygens (including phenoxy) is 1. The predicted octanol–water partition coefficient (Wildman–Crippen LogP) is 3.98. The quantitative estimate of drug-likeness (QED) is 0.923. The SMILES string of the molecule is Cc1ccc(C(C)(C)C)c(Oc2ccc(CCN)cn2)c1. The maximum Gasteiger partial charge on any atom is 0.219 e. The fraction of sp³-hybridized carbons (Fsp3) is 0.389. The number of hydrogen-bond donors (Lipinski definition) is 1. The lowest BCUT2D eigenvalue weighted by Gasteiger charge is -2.22. The first-order chi connectivity index (χ1) is 9.90. The standard InChI is InChI=1S/C18H24N2O/c1-13-5-7-15(18(2,3)4)16(11-13)21-17-8-6-14(9-10-19)12-20-17/h5-8,11-12H,9-10,19H2,1-4H3. The van der Waals surface area contributed by atoms with Crippen molar-refractivity contribution in [2.24, 2.45) is 5.73 Å². The maximum absolute atomic E-state index is 6.01. The van der Waals surface area contributed by atoms with Crippen molar-refractivity contribution in [1.29, 1.82) is 0 Å². The van der Waals surface area contributed by atoms with E-state index in [0.29, 0.717) is 12.4 Å². The molecule has 0 radical (unpaired) electrons. The van der Waals surface area contributed by atoms with Crippen LogP contribution >= 0.6 is 0 Å². The van der Waals surface area contributed by atoms with E-state index in [-0.39, 0.29) is 5.41 Å². The first-order valence-electron chi connectivity index (χ1n) is 7.34. The zero-order chi connectivity index (χ0) is 15.5. The van der Waals surface area contributed by atoms with E-state index in [0.717, 1.165) is 17.7 Å². The molecule has 1 heterocycles. The number of hydrogen-bond acceptors (Lipinski definition) is 3. The molecule has 0 fully saturated rings. The van der Waals surface area contributed by atoms with Crippen LogP contribution in [0.4, 0.5) is 0 Å². The van der Waals surface area contributed by atoms with Gasteiger partial charge in [0, 0.05) is 17.8 Å². The number of pyridine rings is 1. The van der Waals surface area contributed by atoms with Gasteiger partial charge in [0.1, 0.15) is 5.75 Å². The van der Waals surface area contributed by atoms with Crippen LogP contribution in [-0.4, -0.2) is 11.5 Å². The lowest BCUT2D eigenvalue weighted by molar-refractivity contribution is 0.439. The van der Waals surface area contributed by atoms with Crippen molar-refractivity contribution in [3.8, 4) is 11.6 Å². The summed E-state index contributed by atoms with van der Waals surface area (Å²) in [7, 11) is 0. The number of aryl methyl sites for hydroxylation is 1. The Morgan fingerprint density at radius 1 is 1.14 bits per heavy atom. The summed E-state index contributed by atoms with van der Waals surface area (Å²) in [5.74, 6) is 1.49. The Bertz CT molecular complexity index is 598. The zero-order valence-corrected chi connectivity index (χ0v) is 13.3. The van der Waals surface area contributed by atoms with Crippen LogP contribution in [0.2, 0.25) is 0 Å². The van der Waals surface area contributed by atoms with Crippen LogP contribution in [0.3, 0.4) is 0 Å². The second-order valence-corrected chi connectivity index (χ2v) is 6.40. The molecule has 2 rings (SSSR count). The highest BCUT2D eigenvalue weighted by Gasteiger charge is 2.19. The van der Waals surface area contributed by atoms with Gasteiger partial charge in [0.15, 0.2) is 0 Å². The van der Waals surface area contributed by atoms with E-state index in [9.17, 15) is 0 Å². The molecule has 0 bridgehead atoms. The third-order valence-electron chi connectivity index (χ3n) is 3.39. The van der Waals surface area contributed by atoms with Crippen LogP contribution in [0.5, 0.6) is 11.6 Å². The van der Waals surface area contributed by atoms with Crippen molar-refractivity contribution < 1.29 is 4.74 Å². The fourth-order valence-electron chi connectivity index (χ4n) is 2.23. The molecule has 0 unspecified atom stereocenters. The Kier molecular flexibility index (Phi) is 4.63. The molecular weight excluding hydrogens is 260 g/mol. The van der Waals surface area contributed by atoms with Gasteiger partial charge in [-0.3, -0.25) is 0 Å². The lowest BCUT2D eigenvalue weighted by Crippen LogP contribution is -2.12. The van der Waals surface area contributed by atoms with Crippen molar-refractivity contribution in [1.82, 2.24) is 4.98 Å². The van der Waals surface area contributed by atoms with Crippen LogP contribution in [-0.2, 0) is 11.8 Å². The Labute approximate surface area is 127 Å². The first kappa shape index (κ1) is 15.5. The van der Waals surface area contributed by atoms with E-state index < -0.39 is 0 Å². The minimum absolute atomic E-state index is 0.0303. The van der Waals surface area contributed by atoms with E-state index in [1.165, 1.54) is 11.1 Å². The molecule has 0 saturated carbocycles. The van der Waals surface area contributed by atoms with Gasteiger partial charge in [-0.05, 0) is 42.5 Å². The first-order valence-corrected chi connectivity index (χ1v) is 7.34. The van der Waals surface area contributed by atoms with Gasteiger partial charge in [0.2, 0.25) is 5.88 Å². The normalized spacial score (nSPS) is 11.5. The van der Waals surface area contributed by atoms with E-state index in [1.807, 2.05) is 18.3 Å². The summed E-state index contributed by atoms with van der Waals surface area (Å²) in [4.78, 5) is 4.37. The molecule has 2 N–H and O–H groups in total. The molecule has 0 atom stereocenters. The smallest absolute Gasteiger partial charge is 0.219 e. The van der Waals surface area contributed by atoms with Gasteiger partial charge in [-0.25, -0.2) is 4.98 Å². The summed E-state index contributed by atoms with van der Waals surface area (Å²) in [6.07, 6.45) is 2.67. The Hall–Kier alpha value is -1.87. The summed E-state index contributed by atoms with van der Waals surface area (Å²) in [6.45, 7) is 9.25. The molecule has 2 aromatic rings. The molecule has 3 heteroatoms. The van der Waals surface area contributed by atoms with Gasteiger partial charge in [-0.2, -0.15) is 0 Å². The van der Waals surface area contributed by atoms with Crippen LogP contribution in [0.25, 0.3) is 0 Å². The summed E-state index contributed by atoms with van der Waals surface area (Å²) >= 11 is 0. The van der Waals surface area contributed by atoms with E-state index >= 15 is 0 Å². The predicted molar refractivity (Wildman–Crippen MR) is 86.9 cm³/mol. The lowest BCUT2D eigenvalue weighted by atomic mass is 9.86. The van der Waals surface area contributed by atoms with E-state index in [2.05, 4.69) is 50.9 Å². The van der Waals surface area contributed by atoms with Gasteiger partial charge >= 0.3 is 0 Å². The summed E-state index contributed by atoms with van der Waals surface area (Å²) in [5.41, 5.74) is 9.07. The van der Waals surface area contributed by atoms with Crippen molar-refractivity contribution in [3.63, 3.8) is 0 Å². The number of nitrogens with two attached hydrogens (primary N) is 1. The molecule has 1 aromatic heterocycles. The van der Waals surface area contributed by atoms with Crippen LogP contribution < -0.4 is 10.5 Å². The second kappa shape index (κ2) is 6.27. The van der Waals surface area contributed by atoms with Crippen molar-refractivity contribution in [3.05, 3.63) is 53.2 Å². The van der Waals surface area contributed by atoms with Gasteiger partial charge in [0.05, 0.1) is 0 Å². The summed E-state index contributed by atoms with van der Waals surface area (Å²) < 4.78 is 6.01. The summed E-state index contributed by atoms with van der Waals surface area (Å²) in [6, 6.07) is 10.2. The van der Waals surface area contributed by atoms with Crippen molar-refractivity contribution in [2.45, 2.75) is 39.5 Å². The fourth-order valence-corrected chi connectivity index (χ4v) is 2.23. The third-order valence-corrected chi connectivity index (χ3v) is 3.39. The van der Waals surface area contributed by atoms with Crippen molar-refractivity contribution in [2.75, 3.05) is 6.54 Å². The molecule has 0 saturated heterocycles. The van der Waals surface area contributed by atoms with Crippen LogP contribution in [0, 0.1) is 6.92 Å². The Morgan fingerprint density at radius 2 is 1.90 bits per heavy atom. The Morgan fingerprint density at radius 3 is 2.48 bits per heavy atom. The topological polar surface area (TPSA) is 48.1 Å². The average Bonchev–Trinajstić information content (AvgIpc) is 2.40. The molecule has 1 aromatic carbocycles. The second-order valence-electron chi connectivity index (χ2n) is 6.40. The number of benzene rings is 1. The zero-order valence-electron chi connectivity index (χ0n) is 13.3. The van der Waals surface area contributed by atoms with Crippen LogP contribution in [0.1, 0.15) is 37.5 Å². The van der Waals surface area contributed by atoms with Crippen molar-refractivity contribution >= 4 is 0 Å². The summed E-state index contributed by atoms with van der Waals surface area (Å²) in [5, 5.41) is 0. The number of nitrogens with zero attached hydrogens (tertiary/aromatic N) is 1. The van der Waals surface area contributed by atoms with Gasteiger partial charge < -0.3 is 10.5 Å². The molecule has 0 aliphatic rings. The van der Waals surface area contributed by atoms with E-state index in [1.54, 1.807) is 0 Å². The molecule has 0 spiro atoms. The maximum atomic E-state index is 6.01.